The number of rotatable bonds is 3. The Morgan fingerprint density at radius 1 is 0.875 bits per heavy atom. The van der Waals surface area contributed by atoms with Crippen molar-refractivity contribution in [2.75, 3.05) is 7.05 Å². The molecule has 3 rings (SSSR count). The molecule has 4 heteroatoms. The van der Waals surface area contributed by atoms with E-state index in [1.54, 1.807) is 37.4 Å². The first-order chi connectivity index (χ1) is 11.5. The number of carbonyl (C=O) groups is 1. The minimum absolute atomic E-state index is 0.134. The van der Waals surface area contributed by atoms with E-state index in [4.69, 9.17) is 0 Å². The first kappa shape index (κ1) is 15.6. The Bertz CT molecular complexity index is 945. The van der Waals surface area contributed by atoms with Crippen LogP contribution in [-0.4, -0.2) is 23.2 Å². The monoisotopic (exact) mass is 319 g/mol. The molecular weight excluding hydrogens is 302 g/mol. The van der Waals surface area contributed by atoms with E-state index in [0.29, 0.717) is 0 Å². The first-order valence-corrected chi connectivity index (χ1v) is 7.52. The average Bonchev–Trinajstić information content (AvgIpc) is 2.58. The summed E-state index contributed by atoms with van der Waals surface area (Å²) in [6, 6.07) is 16.2. The average molecular weight is 319 g/mol. The van der Waals surface area contributed by atoms with Crippen molar-refractivity contribution in [1.29, 1.82) is 0 Å². The second kappa shape index (κ2) is 6.46. The van der Waals surface area contributed by atoms with Crippen molar-refractivity contribution in [3.8, 4) is 22.6 Å². The van der Waals surface area contributed by atoms with E-state index in [9.17, 15) is 15.0 Å². The summed E-state index contributed by atoms with van der Waals surface area (Å²) in [7, 11) is 1.56. The third kappa shape index (κ3) is 3.38. The van der Waals surface area contributed by atoms with Crippen LogP contribution in [0.3, 0.4) is 0 Å². The maximum Gasteiger partial charge on any atom is 0.243 e. The number of phenolic OH excluding ortho intramolecular Hbond substituents is 2. The molecule has 0 fully saturated rings. The van der Waals surface area contributed by atoms with Gasteiger partial charge in [0.15, 0.2) is 0 Å². The minimum Gasteiger partial charge on any atom is -0.508 e. The molecule has 0 radical (unpaired) electrons. The number of aromatic hydroxyl groups is 2. The molecule has 3 aromatic carbocycles. The smallest absolute Gasteiger partial charge is 0.243 e. The molecule has 0 unspecified atom stereocenters. The van der Waals surface area contributed by atoms with Crippen LogP contribution in [0.15, 0.2) is 60.7 Å². The summed E-state index contributed by atoms with van der Waals surface area (Å²) < 4.78 is 0. The van der Waals surface area contributed by atoms with Crippen LogP contribution in [0.5, 0.6) is 11.5 Å². The van der Waals surface area contributed by atoms with Gasteiger partial charge in [-0.05, 0) is 69.9 Å². The van der Waals surface area contributed by atoms with Crippen molar-refractivity contribution in [2.24, 2.45) is 0 Å². The molecule has 120 valence electrons. The number of amides is 1. The zero-order chi connectivity index (χ0) is 17.1. The summed E-state index contributed by atoms with van der Waals surface area (Å²) >= 11 is 0. The van der Waals surface area contributed by atoms with Gasteiger partial charge < -0.3 is 15.5 Å². The fraction of sp³-hybridized carbons (Fsp3) is 0.0500. The van der Waals surface area contributed by atoms with Crippen molar-refractivity contribution in [3.63, 3.8) is 0 Å². The summed E-state index contributed by atoms with van der Waals surface area (Å²) in [5.74, 6) is 0.162. The van der Waals surface area contributed by atoms with E-state index >= 15 is 0 Å². The van der Waals surface area contributed by atoms with Crippen LogP contribution in [0.25, 0.3) is 28.0 Å². The van der Waals surface area contributed by atoms with Crippen molar-refractivity contribution in [1.82, 2.24) is 5.32 Å². The predicted octanol–water partition coefficient (Wildman–Crippen LogP) is 3.68. The van der Waals surface area contributed by atoms with Gasteiger partial charge in [0.05, 0.1) is 0 Å². The maximum absolute atomic E-state index is 11.3. The van der Waals surface area contributed by atoms with Crippen LogP contribution in [-0.2, 0) is 4.79 Å². The summed E-state index contributed by atoms with van der Waals surface area (Å²) in [5.41, 5.74) is 2.53. The van der Waals surface area contributed by atoms with Crippen LogP contribution in [0.1, 0.15) is 5.56 Å². The summed E-state index contributed by atoms with van der Waals surface area (Å²) in [6.45, 7) is 0. The molecule has 24 heavy (non-hydrogen) atoms. The van der Waals surface area contributed by atoms with Crippen molar-refractivity contribution < 1.29 is 15.0 Å². The van der Waals surface area contributed by atoms with Gasteiger partial charge in [0, 0.05) is 13.1 Å². The molecule has 0 aliphatic carbocycles. The molecule has 0 saturated heterocycles. The largest absolute Gasteiger partial charge is 0.508 e. The van der Waals surface area contributed by atoms with Crippen LogP contribution < -0.4 is 5.32 Å². The zero-order valence-corrected chi connectivity index (χ0v) is 13.2. The lowest BCUT2D eigenvalue weighted by molar-refractivity contribution is -0.115. The molecule has 1 amide bonds. The highest BCUT2D eigenvalue weighted by Crippen LogP contribution is 2.30. The van der Waals surface area contributed by atoms with Gasteiger partial charge >= 0.3 is 0 Å². The number of phenols is 2. The summed E-state index contributed by atoms with van der Waals surface area (Å²) in [5, 5.41) is 24.0. The normalized spacial score (nSPS) is 11.0. The Hall–Kier alpha value is -3.27. The summed E-state index contributed by atoms with van der Waals surface area (Å²) in [6.07, 6.45) is 3.07. The molecule has 0 aliphatic rings. The Kier molecular flexibility index (Phi) is 4.20. The number of likely N-dealkylation sites (N-methyl/N-ethyl adjacent to an activating group) is 1. The molecular formula is C20H17NO3. The van der Waals surface area contributed by atoms with Crippen LogP contribution >= 0.6 is 0 Å². The molecule has 0 spiro atoms. The Labute approximate surface area is 139 Å². The Balaban J connectivity index is 2.02. The molecule has 3 N–H and O–H groups in total. The highest BCUT2D eigenvalue weighted by Gasteiger charge is 2.04. The van der Waals surface area contributed by atoms with Gasteiger partial charge in [-0.2, -0.15) is 0 Å². The molecule has 0 heterocycles. The van der Waals surface area contributed by atoms with Gasteiger partial charge in [0.1, 0.15) is 11.5 Å². The lowest BCUT2D eigenvalue weighted by Crippen LogP contribution is -2.13. The van der Waals surface area contributed by atoms with Gasteiger partial charge in [0.2, 0.25) is 5.91 Å². The molecule has 3 aromatic rings. The molecule has 0 aromatic heterocycles. The molecule has 0 saturated carbocycles. The zero-order valence-electron chi connectivity index (χ0n) is 13.2. The Morgan fingerprint density at radius 3 is 2.42 bits per heavy atom. The highest BCUT2D eigenvalue weighted by molar-refractivity contribution is 5.92. The molecule has 4 nitrogen and oxygen atoms in total. The van der Waals surface area contributed by atoms with E-state index < -0.39 is 0 Å². The van der Waals surface area contributed by atoms with Crippen LogP contribution in [0.2, 0.25) is 0 Å². The number of nitrogens with one attached hydrogen (secondary N) is 1. The fourth-order valence-electron chi connectivity index (χ4n) is 2.57. The maximum atomic E-state index is 11.3. The SMILES string of the molecule is CNC(=O)C=Cc1cc(O)cc(-c2ccc3cc(O)ccc3c2)c1. The number of fused-ring (bicyclic) bond motifs is 1. The topological polar surface area (TPSA) is 69.6 Å². The van der Waals surface area contributed by atoms with Crippen molar-refractivity contribution in [3.05, 3.63) is 66.2 Å². The third-order valence-electron chi connectivity index (χ3n) is 3.77. The van der Waals surface area contributed by atoms with Gasteiger partial charge in [-0.15, -0.1) is 0 Å². The highest BCUT2D eigenvalue weighted by atomic mass is 16.3. The second-order valence-electron chi connectivity index (χ2n) is 5.51. The minimum atomic E-state index is -0.203. The second-order valence-corrected chi connectivity index (χ2v) is 5.51. The predicted molar refractivity (Wildman–Crippen MR) is 95.8 cm³/mol. The van der Waals surface area contributed by atoms with E-state index in [-0.39, 0.29) is 17.4 Å². The lowest BCUT2D eigenvalue weighted by atomic mass is 9.99. The van der Waals surface area contributed by atoms with Crippen molar-refractivity contribution in [2.45, 2.75) is 0 Å². The van der Waals surface area contributed by atoms with Crippen LogP contribution in [0.4, 0.5) is 0 Å². The number of benzene rings is 3. The molecule has 0 aliphatic heterocycles. The standard InChI is InChI=1S/C20H17NO3/c1-21-20(24)7-2-13-8-17(12-19(23)9-13)15-3-4-16-11-18(22)6-5-14(16)10-15/h2-12,22-23H,1H3,(H,21,24). The summed E-state index contributed by atoms with van der Waals surface area (Å²) in [4.78, 5) is 11.3. The van der Waals surface area contributed by atoms with Gasteiger partial charge in [-0.1, -0.05) is 18.2 Å². The molecule has 0 atom stereocenters. The molecule has 0 bridgehead atoms. The quantitative estimate of drug-likeness (QED) is 0.645. The fourth-order valence-corrected chi connectivity index (χ4v) is 2.57. The van der Waals surface area contributed by atoms with E-state index in [2.05, 4.69) is 5.32 Å². The Morgan fingerprint density at radius 2 is 1.62 bits per heavy atom. The van der Waals surface area contributed by atoms with Crippen molar-refractivity contribution >= 4 is 22.8 Å². The van der Waals surface area contributed by atoms with E-state index in [1.807, 2.05) is 30.3 Å². The van der Waals surface area contributed by atoms with E-state index in [1.165, 1.54) is 6.08 Å². The first-order valence-electron chi connectivity index (χ1n) is 7.52. The third-order valence-corrected chi connectivity index (χ3v) is 3.77. The number of hydrogen-bond acceptors (Lipinski definition) is 3. The number of carbonyl (C=O) groups excluding carboxylic acids is 1. The van der Waals surface area contributed by atoms with Gasteiger partial charge in [-0.3, -0.25) is 4.79 Å². The van der Waals surface area contributed by atoms with Crippen LogP contribution in [0, 0.1) is 0 Å². The van der Waals surface area contributed by atoms with Gasteiger partial charge in [-0.25, -0.2) is 0 Å². The van der Waals surface area contributed by atoms with Gasteiger partial charge in [0.25, 0.3) is 0 Å². The van der Waals surface area contributed by atoms with E-state index in [0.717, 1.165) is 27.5 Å². The number of hydrogen-bond donors (Lipinski definition) is 3. The lowest BCUT2D eigenvalue weighted by Gasteiger charge is -2.07.